The van der Waals surface area contributed by atoms with Crippen LogP contribution in [-0.2, 0) is 11.3 Å². The number of rotatable bonds is 7. The van der Waals surface area contributed by atoms with Crippen molar-refractivity contribution in [3.05, 3.63) is 46.8 Å². The van der Waals surface area contributed by atoms with Gasteiger partial charge in [0.1, 0.15) is 10.8 Å². The van der Waals surface area contributed by atoms with Gasteiger partial charge in [0.25, 0.3) is 5.91 Å². The van der Waals surface area contributed by atoms with E-state index in [-0.39, 0.29) is 5.91 Å². The molecule has 0 spiro atoms. The van der Waals surface area contributed by atoms with Crippen molar-refractivity contribution >= 4 is 28.2 Å². The zero-order valence-electron chi connectivity index (χ0n) is 13.9. The molecular formula is C17H21N3O3S. The van der Waals surface area contributed by atoms with Crippen molar-refractivity contribution in [3.8, 4) is 5.75 Å². The lowest BCUT2D eigenvalue weighted by atomic mass is 10.1. The lowest BCUT2D eigenvalue weighted by molar-refractivity contribution is -0.120. The summed E-state index contributed by atoms with van der Waals surface area (Å²) in [6.45, 7) is 2.37. The molecule has 7 heteroatoms. The second-order valence-corrected chi connectivity index (χ2v) is 6.34. The smallest absolute Gasteiger partial charge is 0.251 e. The molecule has 1 atom stereocenters. The van der Waals surface area contributed by atoms with Crippen molar-refractivity contribution in [3.63, 3.8) is 0 Å². The second-order valence-electron chi connectivity index (χ2n) is 5.42. The van der Waals surface area contributed by atoms with E-state index in [0.717, 1.165) is 11.3 Å². The van der Waals surface area contributed by atoms with Gasteiger partial charge in [0.15, 0.2) is 0 Å². The minimum atomic E-state index is -0.554. The Balaban J connectivity index is 2.04. The van der Waals surface area contributed by atoms with E-state index in [2.05, 4.69) is 5.32 Å². The number of nitrogens with zero attached hydrogens (tertiary/aromatic N) is 1. The van der Waals surface area contributed by atoms with E-state index >= 15 is 0 Å². The third kappa shape index (κ3) is 4.12. The Bertz CT molecular complexity index is 729. The molecule has 2 amide bonds. The van der Waals surface area contributed by atoms with E-state index in [1.165, 1.54) is 11.3 Å². The van der Waals surface area contributed by atoms with Gasteiger partial charge in [-0.1, -0.05) is 18.2 Å². The molecule has 1 aromatic carbocycles. The van der Waals surface area contributed by atoms with Gasteiger partial charge in [0, 0.05) is 12.1 Å². The molecule has 2 aromatic rings. The maximum absolute atomic E-state index is 12.4. The van der Waals surface area contributed by atoms with Gasteiger partial charge in [-0.2, -0.15) is 0 Å². The molecule has 0 aliphatic rings. The molecule has 24 heavy (non-hydrogen) atoms. The number of amides is 2. The highest BCUT2D eigenvalue weighted by atomic mass is 32.1. The molecule has 0 radical (unpaired) electrons. The molecule has 6 nitrogen and oxygen atoms in total. The average molecular weight is 347 g/mol. The average Bonchev–Trinajstić information content (AvgIpc) is 3.02. The van der Waals surface area contributed by atoms with Gasteiger partial charge in [-0.05, 0) is 31.5 Å². The number of ether oxygens (including phenoxy) is 1. The first-order valence-corrected chi connectivity index (χ1v) is 8.32. The van der Waals surface area contributed by atoms with Crippen LogP contribution in [0.3, 0.4) is 0 Å². The Kier molecular flexibility index (Phi) is 5.94. The summed E-state index contributed by atoms with van der Waals surface area (Å²) in [5.74, 6) is 0.0326. The minimum absolute atomic E-state index is 0.197. The number of nitrogens with one attached hydrogen (secondary N) is 1. The number of benzene rings is 1. The molecule has 0 aliphatic heterocycles. The number of carbonyl (C=O) groups excluding carboxylic acids is 2. The number of carbonyl (C=O) groups is 2. The summed E-state index contributed by atoms with van der Waals surface area (Å²) in [6, 6.07) is 8.90. The van der Waals surface area contributed by atoms with Crippen LogP contribution < -0.4 is 15.8 Å². The highest BCUT2D eigenvalue weighted by Crippen LogP contribution is 2.24. The summed E-state index contributed by atoms with van der Waals surface area (Å²) in [5, 5.41) is 4.97. The van der Waals surface area contributed by atoms with Gasteiger partial charge >= 0.3 is 0 Å². The number of thiophene rings is 1. The molecule has 0 fully saturated rings. The summed E-state index contributed by atoms with van der Waals surface area (Å²) in [4.78, 5) is 25.7. The lowest BCUT2D eigenvalue weighted by Crippen LogP contribution is -2.39. The molecule has 0 saturated heterocycles. The molecule has 0 aliphatic carbocycles. The summed E-state index contributed by atoms with van der Waals surface area (Å²) in [5.41, 5.74) is 6.62. The van der Waals surface area contributed by atoms with E-state index < -0.39 is 11.9 Å². The molecule has 2 rings (SSSR count). The second kappa shape index (κ2) is 7.94. The van der Waals surface area contributed by atoms with Crippen molar-refractivity contribution in [2.24, 2.45) is 5.73 Å². The van der Waals surface area contributed by atoms with Crippen molar-refractivity contribution in [1.82, 2.24) is 4.90 Å². The normalized spacial score (nSPS) is 12.0. The van der Waals surface area contributed by atoms with Crippen LogP contribution in [0.5, 0.6) is 5.75 Å². The zero-order valence-corrected chi connectivity index (χ0v) is 14.7. The summed E-state index contributed by atoms with van der Waals surface area (Å²) in [7, 11) is 3.48. The summed E-state index contributed by atoms with van der Waals surface area (Å²) < 4.78 is 5.34. The zero-order chi connectivity index (χ0) is 17.7. The number of methoxy groups -OCH3 is 1. The van der Waals surface area contributed by atoms with Crippen molar-refractivity contribution in [2.75, 3.05) is 19.5 Å². The third-order valence-corrected chi connectivity index (χ3v) is 4.65. The first kappa shape index (κ1) is 18.0. The fourth-order valence-electron chi connectivity index (χ4n) is 2.26. The lowest BCUT2D eigenvalue weighted by Gasteiger charge is -2.24. The summed E-state index contributed by atoms with van der Waals surface area (Å²) in [6.07, 6.45) is 0. The van der Waals surface area contributed by atoms with Crippen molar-refractivity contribution < 1.29 is 14.3 Å². The topological polar surface area (TPSA) is 84.7 Å². The monoisotopic (exact) mass is 347 g/mol. The van der Waals surface area contributed by atoms with Crippen LogP contribution in [0.4, 0.5) is 5.00 Å². The third-order valence-electron chi connectivity index (χ3n) is 3.82. The minimum Gasteiger partial charge on any atom is -0.496 e. The fourth-order valence-corrected chi connectivity index (χ4v) is 3.05. The number of para-hydroxylation sites is 1. The van der Waals surface area contributed by atoms with Gasteiger partial charge in [0.2, 0.25) is 5.91 Å². The SMILES string of the molecule is COc1ccccc1CN(C)[C@@H](C)C(=O)Nc1sccc1C(N)=O. The van der Waals surface area contributed by atoms with Gasteiger partial charge in [0.05, 0.1) is 18.7 Å². The summed E-state index contributed by atoms with van der Waals surface area (Å²) >= 11 is 1.27. The van der Waals surface area contributed by atoms with Crippen LogP contribution in [0.25, 0.3) is 0 Å². The van der Waals surface area contributed by atoms with Crippen LogP contribution in [-0.4, -0.2) is 36.9 Å². The molecule has 1 aromatic heterocycles. The predicted octanol–water partition coefficient (Wildman–Crippen LogP) is 2.31. The van der Waals surface area contributed by atoms with Gasteiger partial charge < -0.3 is 15.8 Å². The predicted molar refractivity (Wildman–Crippen MR) is 95.4 cm³/mol. The molecule has 128 valence electrons. The van der Waals surface area contributed by atoms with Crippen LogP contribution >= 0.6 is 11.3 Å². The highest BCUT2D eigenvalue weighted by molar-refractivity contribution is 7.14. The molecule has 0 saturated carbocycles. The number of nitrogens with two attached hydrogens (primary N) is 1. The van der Waals surface area contributed by atoms with E-state index in [4.69, 9.17) is 10.5 Å². The van der Waals surface area contributed by atoms with Crippen molar-refractivity contribution in [1.29, 1.82) is 0 Å². The number of anilines is 1. The van der Waals surface area contributed by atoms with E-state index in [1.54, 1.807) is 18.6 Å². The number of likely N-dealkylation sites (N-methyl/N-ethyl adjacent to an activating group) is 1. The first-order chi connectivity index (χ1) is 11.4. The van der Waals surface area contributed by atoms with Crippen LogP contribution in [0.2, 0.25) is 0 Å². The Hall–Kier alpha value is -2.38. The highest BCUT2D eigenvalue weighted by Gasteiger charge is 2.21. The molecule has 0 bridgehead atoms. The van der Waals surface area contributed by atoms with Crippen molar-refractivity contribution in [2.45, 2.75) is 19.5 Å². The molecule has 0 unspecified atom stereocenters. The van der Waals surface area contributed by atoms with Crippen LogP contribution in [0, 0.1) is 0 Å². The quantitative estimate of drug-likeness (QED) is 0.805. The first-order valence-electron chi connectivity index (χ1n) is 7.44. The number of hydrogen-bond acceptors (Lipinski definition) is 5. The molecular weight excluding hydrogens is 326 g/mol. The van der Waals surface area contributed by atoms with E-state index in [1.807, 2.05) is 43.1 Å². The van der Waals surface area contributed by atoms with Crippen LogP contribution in [0.15, 0.2) is 35.7 Å². The Morgan fingerprint density at radius 3 is 2.71 bits per heavy atom. The Morgan fingerprint density at radius 2 is 2.04 bits per heavy atom. The van der Waals surface area contributed by atoms with Gasteiger partial charge in [-0.25, -0.2) is 0 Å². The van der Waals surface area contributed by atoms with E-state index in [9.17, 15) is 9.59 Å². The Morgan fingerprint density at radius 1 is 1.33 bits per heavy atom. The molecule has 1 heterocycles. The number of hydrogen-bond donors (Lipinski definition) is 2. The largest absolute Gasteiger partial charge is 0.496 e. The Labute approximate surface area is 145 Å². The number of primary amides is 1. The molecule has 3 N–H and O–H groups in total. The van der Waals surface area contributed by atoms with Gasteiger partial charge in [-0.3, -0.25) is 14.5 Å². The van der Waals surface area contributed by atoms with Gasteiger partial charge in [-0.15, -0.1) is 11.3 Å². The van der Waals surface area contributed by atoms with E-state index in [0.29, 0.717) is 17.1 Å². The van der Waals surface area contributed by atoms with Crippen LogP contribution in [0.1, 0.15) is 22.8 Å². The fraction of sp³-hybridized carbons (Fsp3) is 0.294. The maximum atomic E-state index is 12.4. The standard InChI is InChI=1S/C17H21N3O3S/c1-11(16(22)19-17-13(15(18)21)8-9-24-17)20(2)10-12-6-4-5-7-14(12)23-3/h4-9,11H,10H2,1-3H3,(H2,18,21)(H,19,22)/t11-/m0/s1. The maximum Gasteiger partial charge on any atom is 0.251 e.